The van der Waals surface area contributed by atoms with Gasteiger partial charge in [0.15, 0.2) is 0 Å². The third kappa shape index (κ3) is 9.07. The second kappa shape index (κ2) is 13.1. The average molecular weight is 423 g/mol. The molecular formula is C29H42O2. The Bertz CT molecular complexity index is 884. The van der Waals surface area contributed by atoms with Crippen LogP contribution in [-0.2, 0) is 0 Å². The fourth-order valence-corrected chi connectivity index (χ4v) is 3.46. The fraction of sp³-hybridized carbons (Fsp3) is 0.483. The van der Waals surface area contributed by atoms with Gasteiger partial charge in [0.2, 0.25) is 0 Å². The van der Waals surface area contributed by atoms with Crippen LogP contribution in [0.2, 0.25) is 0 Å². The first kappa shape index (κ1) is 26.6. The van der Waals surface area contributed by atoms with E-state index in [2.05, 4.69) is 58.6 Å². The van der Waals surface area contributed by atoms with Crippen LogP contribution >= 0.6 is 0 Å². The van der Waals surface area contributed by atoms with Crippen molar-refractivity contribution in [1.29, 1.82) is 0 Å². The van der Waals surface area contributed by atoms with Crippen molar-refractivity contribution in [3.05, 3.63) is 68.5 Å². The first-order valence-corrected chi connectivity index (χ1v) is 11.4. The van der Waals surface area contributed by atoms with E-state index in [4.69, 9.17) is 0 Å². The number of rotatable bonds is 10. The Morgan fingerprint density at radius 1 is 0.677 bits per heavy atom. The molecule has 0 atom stereocenters. The zero-order valence-corrected chi connectivity index (χ0v) is 20.9. The molecule has 1 aromatic carbocycles. The molecule has 0 aliphatic rings. The summed E-state index contributed by atoms with van der Waals surface area (Å²) in [5.74, 6) is 0.480. The molecule has 0 unspecified atom stereocenters. The summed E-state index contributed by atoms with van der Waals surface area (Å²) in [6.07, 6.45) is 15.2. The largest absolute Gasteiger partial charge is 0.507 e. The van der Waals surface area contributed by atoms with E-state index in [0.29, 0.717) is 16.7 Å². The Labute approximate surface area is 190 Å². The van der Waals surface area contributed by atoms with Crippen LogP contribution in [0.1, 0.15) is 95.4 Å². The van der Waals surface area contributed by atoms with Crippen LogP contribution in [0.5, 0.6) is 11.5 Å². The van der Waals surface area contributed by atoms with Crippen molar-refractivity contribution < 1.29 is 10.2 Å². The van der Waals surface area contributed by atoms with E-state index in [1.54, 1.807) is 6.08 Å². The van der Waals surface area contributed by atoms with Gasteiger partial charge in [0.1, 0.15) is 11.5 Å². The van der Waals surface area contributed by atoms with Gasteiger partial charge in [-0.2, -0.15) is 0 Å². The second-order valence-corrected chi connectivity index (χ2v) is 9.05. The van der Waals surface area contributed by atoms with E-state index in [1.807, 2.05) is 20.8 Å². The van der Waals surface area contributed by atoms with Crippen molar-refractivity contribution in [2.24, 2.45) is 0 Å². The first-order chi connectivity index (χ1) is 14.5. The lowest BCUT2D eigenvalue weighted by Crippen LogP contribution is -1.91. The molecule has 0 saturated heterocycles. The third-order valence-corrected chi connectivity index (χ3v) is 5.89. The lowest BCUT2D eigenvalue weighted by Gasteiger charge is -2.12. The van der Waals surface area contributed by atoms with Gasteiger partial charge >= 0.3 is 0 Å². The van der Waals surface area contributed by atoms with Crippen LogP contribution in [0.4, 0.5) is 0 Å². The Kier molecular flexibility index (Phi) is 11.2. The van der Waals surface area contributed by atoms with Crippen LogP contribution in [0.3, 0.4) is 0 Å². The van der Waals surface area contributed by atoms with E-state index in [0.717, 1.165) is 49.7 Å². The maximum Gasteiger partial charge on any atom is 0.127 e. The van der Waals surface area contributed by atoms with Gasteiger partial charge in [-0.25, -0.2) is 0 Å². The summed E-state index contributed by atoms with van der Waals surface area (Å²) in [5.41, 5.74) is 11.5. The molecule has 2 nitrogen and oxygen atoms in total. The summed E-state index contributed by atoms with van der Waals surface area (Å²) in [7, 11) is 0. The quantitative estimate of drug-likeness (QED) is 0.225. The normalized spacial score (nSPS) is 11.9. The van der Waals surface area contributed by atoms with E-state index in [-0.39, 0.29) is 11.5 Å². The summed E-state index contributed by atoms with van der Waals surface area (Å²) >= 11 is 0. The summed E-state index contributed by atoms with van der Waals surface area (Å²) < 4.78 is 0. The van der Waals surface area contributed by atoms with Crippen LogP contribution in [0, 0.1) is 20.8 Å². The predicted octanol–water partition coefficient (Wildman–Crippen LogP) is 8.78. The van der Waals surface area contributed by atoms with Crippen molar-refractivity contribution in [2.75, 3.05) is 0 Å². The standard InChI is InChI=1S/C29H42O2/c1-20(2)12-9-13-21(3)14-10-15-22(4)16-11-17-23(5)18-19-27-26(8)28(30)24(6)25(7)29(27)31/h12,14,16,19,30-31H,9-11,13,15,17H2,1-8H3. The SMILES string of the molecule is CC(=C=Cc1c(C)c(O)c(C)c(C)c1O)CCC=C(C)CCC=C(C)CCC=C(C)C. The van der Waals surface area contributed by atoms with Gasteiger partial charge in [0, 0.05) is 11.1 Å². The average Bonchev–Trinajstić information content (AvgIpc) is 2.70. The van der Waals surface area contributed by atoms with Crippen molar-refractivity contribution in [2.45, 2.75) is 93.9 Å². The molecule has 0 aliphatic heterocycles. The molecule has 0 bridgehead atoms. The van der Waals surface area contributed by atoms with E-state index in [9.17, 15) is 10.2 Å². The minimum absolute atomic E-state index is 0.230. The molecule has 2 N–H and O–H groups in total. The minimum Gasteiger partial charge on any atom is -0.507 e. The van der Waals surface area contributed by atoms with Gasteiger partial charge in [0.25, 0.3) is 0 Å². The van der Waals surface area contributed by atoms with Crippen LogP contribution in [0.15, 0.2) is 46.3 Å². The van der Waals surface area contributed by atoms with E-state index >= 15 is 0 Å². The van der Waals surface area contributed by atoms with Crippen LogP contribution in [-0.4, -0.2) is 10.2 Å². The third-order valence-electron chi connectivity index (χ3n) is 5.89. The van der Waals surface area contributed by atoms with Gasteiger partial charge in [-0.3, -0.25) is 0 Å². The summed E-state index contributed by atoms with van der Waals surface area (Å²) in [6.45, 7) is 16.3. The molecule has 0 saturated carbocycles. The van der Waals surface area contributed by atoms with E-state index in [1.165, 1.54) is 16.7 Å². The first-order valence-electron chi connectivity index (χ1n) is 11.4. The van der Waals surface area contributed by atoms with E-state index < -0.39 is 0 Å². The smallest absolute Gasteiger partial charge is 0.127 e. The predicted molar refractivity (Wildman–Crippen MR) is 136 cm³/mol. The molecule has 1 rings (SSSR count). The fourth-order valence-electron chi connectivity index (χ4n) is 3.46. The highest BCUT2D eigenvalue weighted by Gasteiger charge is 2.14. The van der Waals surface area contributed by atoms with Gasteiger partial charge in [-0.15, -0.1) is 5.73 Å². The lowest BCUT2D eigenvalue weighted by molar-refractivity contribution is 0.448. The van der Waals surface area contributed by atoms with Gasteiger partial charge < -0.3 is 10.2 Å². The number of hydrogen-bond acceptors (Lipinski definition) is 2. The summed E-state index contributed by atoms with van der Waals surface area (Å²) in [6, 6.07) is 0. The molecule has 0 amide bonds. The van der Waals surface area contributed by atoms with Crippen molar-refractivity contribution >= 4 is 6.08 Å². The molecule has 1 aromatic rings. The zero-order valence-electron chi connectivity index (χ0n) is 20.9. The highest BCUT2D eigenvalue weighted by molar-refractivity contribution is 5.68. The molecule has 0 spiro atoms. The number of allylic oxidation sites excluding steroid dienone is 7. The number of aromatic hydroxyl groups is 2. The maximum atomic E-state index is 10.4. The zero-order chi connectivity index (χ0) is 23.6. The Morgan fingerprint density at radius 2 is 1.16 bits per heavy atom. The maximum absolute atomic E-state index is 10.4. The van der Waals surface area contributed by atoms with Crippen LogP contribution in [0.25, 0.3) is 6.08 Å². The second-order valence-electron chi connectivity index (χ2n) is 9.05. The Hall–Kier alpha value is -2.44. The molecule has 0 heterocycles. The van der Waals surface area contributed by atoms with Gasteiger partial charge in [-0.05, 0) is 117 Å². The molecule has 170 valence electrons. The van der Waals surface area contributed by atoms with Crippen molar-refractivity contribution in [3.63, 3.8) is 0 Å². The summed E-state index contributed by atoms with van der Waals surface area (Å²) in [5, 5.41) is 20.7. The van der Waals surface area contributed by atoms with Crippen LogP contribution < -0.4 is 0 Å². The topological polar surface area (TPSA) is 40.5 Å². The molecular weight excluding hydrogens is 380 g/mol. The van der Waals surface area contributed by atoms with Gasteiger partial charge in [-0.1, -0.05) is 34.9 Å². The molecule has 2 heteroatoms. The molecule has 0 aliphatic carbocycles. The molecule has 0 fully saturated rings. The molecule has 31 heavy (non-hydrogen) atoms. The highest BCUT2D eigenvalue weighted by atomic mass is 16.3. The van der Waals surface area contributed by atoms with Gasteiger partial charge in [0.05, 0.1) is 0 Å². The molecule has 0 aromatic heterocycles. The number of phenolic OH excluding ortho intramolecular Hbond substituents is 2. The van der Waals surface area contributed by atoms with Crippen molar-refractivity contribution in [1.82, 2.24) is 0 Å². The Morgan fingerprint density at radius 3 is 1.71 bits per heavy atom. The number of benzene rings is 1. The highest BCUT2D eigenvalue weighted by Crippen LogP contribution is 2.36. The van der Waals surface area contributed by atoms with Crippen molar-refractivity contribution in [3.8, 4) is 11.5 Å². The Balaban J connectivity index is 2.63. The number of phenols is 2. The monoisotopic (exact) mass is 422 g/mol. The summed E-state index contributed by atoms with van der Waals surface area (Å²) in [4.78, 5) is 0. The minimum atomic E-state index is 0.230. The number of hydrogen-bond donors (Lipinski definition) is 2. The lowest BCUT2D eigenvalue weighted by atomic mass is 9.97. The molecule has 0 radical (unpaired) electrons.